The third-order valence-corrected chi connectivity index (χ3v) is 4.91. The molecular weight excluding hydrogens is 549 g/mol. The van der Waals surface area contributed by atoms with Crippen LogP contribution in [0.2, 0.25) is 0 Å². The van der Waals surface area contributed by atoms with E-state index in [1.165, 1.54) is 6.92 Å². The average molecular weight is 557 g/mol. The van der Waals surface area contributed by atoms with E-state index in [-0.39, 0.29) is 22.8 Å². The van der Waals surface area contributed by atoms with Gasteiger partial charge < -0.3 is 5.73 Å². The lowest BCUT2D eigenvalue weighted by molar-refractivity contribution is -0.142. The molecule has 2 heterocycles. The first-order chi connectivity index (χ1) is 12.1. The minimum absolute atomic E-state index is 0.0408. The SMILES string of the molecule is Cc1cc(C(F)(F)F)n2nc(N)c(N=Nc3c(Br)cc(Br)cc3Br)c2n1. The Morgan fingerprint density at radius 2 is 1.62 bits per heavy atom. The Morgan fingerprint density at radius 3 is 2.19 bits per heavy atom. The highest BCUT2D eigenvalue weighted by Gasteiger charge is 2.35. The first kappa shape index (κ1) is 19.2. The number of halogens is 6. The fourth-order valence-electron chi connectivity index (χ4n) is 2.17. The molecule has 2 aromatic heterocycles. The van der Waals surface area contributed by atoms with Crippen molar-refractivity contribution in [2.75, 3.05) is 5.73 Å². The summed E-state index contributed by atoms with van der Waals surface area (Å²) in [5.74, 6) is -0.207. The van der Waals surface area contributed by atoms with Crippen LogP contribution in [0.15, 0.2) is 41.8 Å². The number of aromatic nitrogens is 3. The van der Waals surface area contributed by atoms with E-state index < -0.39 is 11.9 Å². The predicted octanol–water partition coefficient (Wildman–Crippen LogP) is 6.34. The van der Waals surface area contributed by atoms with Gasteiger partial charge in [0, 0.05) is 19.1 Å². The molecule has 6 nitrogen and oxygen atoms in total. The number of anilines is 1. The molecule has 0 saturated carbocycles. The zero-order chi connectivity index (χ0) is 19.2. The van der Waals surface area contributed by atoms with Crippen LogP contribution < -0.4 is 5.73 Å². The quantitative estimate of drug-likeness (QED) is 0.374. The van der Waals surface area contributed by atoms with Crippen LogP contribution in [-0.2, 0) is 6.18 Å². The van der Waals surface area contributed by atoms with Gasteiger partial charge in [0.1, 0.15) is 11.4 Å². The molecule has 1 aromatic carbocycles. The van der Waals surface area contributed by atoms with E-state index in [1.807, 2.05) is 0 Å². The summed E-state index contributed by atoms with van der Waals surface area (Å²) in [5, 5.41) is 11.8. The average Bonchev–Trinajstić information content (AvgIpc) is 2.80. The number of nitrogens with zero attached hydrogens (tertiary/aromatic N) is 5. The van der Waals surface area contributed by atoms with Crippen LogP contribution in [0.1, 0.15) is 11.4 Å². The van der Waals surface area contributed by atoms with E-state index in [4.69, 9.17) is 5.73 Å². The van der Waals surface area contributed by atoms with Crippen LogP contribution in [0.5, 0.6) is 0 Å². The lowest BCUT2D eigenvalue weighted by Crippen LogP contribution is -2.13. The number of benzene rings is 1. The number of alkyl halides is 3. The van der Waals surface area contributed by atoms with Gasteiger partial charge in [-0.1, -0.05) is 15.9 Å². The zero-order valence-corrected chi connectivity index (χ0v) is 17.6. The number of nitrogens with two attached hydrogens (primary N) is 1. The Bertz CT molecular complexity index is 1020. The molecule has 0 radical (unpaired) electrons. The summed E-state index contributed by atoms with van der Waals surface area (Å²) in [5.41, 5.74) is 5.21. The van der Waals surface area contributed by atoms with Crippen molar-refractivity contribution in [1.29, 1.82) is 0 Å². The number of hydrogen-bond acceptors (Lipinski definition) is 5. The van der Waals surface area contributed by atoms with Gasteiger partial charge in [0.15, 0.2) is 17.2 Å². The lowest BCUT2D eigenvalue weighted by atomic mass is 10.3. The standard InChI is InChI=1S/C14H8Br3F3N6/c1-5-2-9(14(18,19)20)26-13(22-5)11(12(21)25-26)24-23-10-7(16)3-6(15)4-8(10)17/h2-4H,1H3,(H2,21,25). The van der Waals surface area contributed by atoms with Gasteiger partial charge in [0.25, 0.3) is 0 Å². The number of rotatable bonds is 2. The molecule has 0 unspecified atom stereocenters. The first-order valence-corrected chi connectivity index (χ1v) is 9.25. The summed E-state index contributed by atoms with van der Waals surface area (Å²) >= 11 is 10.0. The van der Waals surface area contributed by atoms with Crippen LogP contribution in [0.3, 0.4) is 0 Å². The number of fused-ring (bicyclic) bond motifs is 1. The minimum atomic E-state index is -4.61. The summed E-state index contributed by atoms with van der Waals surface area (Å²) in [4.78, 5) is 4.08. The molecule has 0 fully saturated rings. The minimum Gasteiger partial charge on any atom is -0.380 e. The van der Waals surface area contributed by atoms with E-state index in [2.05, 4.69) is 68.1 Å². The summed E-state index contributed by atoms with van der Waals surface area (Å²) in [6.07, 6.45) is -4.61. The van der Waals surface area contributed by atoms with Gasteiger partial charge in [-0.3, -0.25) is 0 Å². The third-order valence-electron chi connectivity index (χ3n) is 3.24. The summed E-state index contributed by atoms with van der Waals surface area (Å²) in [6, 6.07) is 4.40. The number of nitrogen functional groups attached to an aromatic ring is 1. The molecule has 0 saturated heterocycles. The van der Waals surface area contributed by atoms with E-state index in [0.717, 1.165) is 10.5 Å². The molecule has 12 heteroatoms. The second-order valence-corrected chi connectivity index (χ2v) is 7.79. The maximum Gasteiger partial charge on any atom is 0.433 e. The van der Waals surface area contributed by atoms with Gasteiger partial charge in [-0.25, -0.2) is 9.50 Å². The monoisotopic (exact) mass is 554 g/mol. The first-order valence-electron chi connectivity index (χ1n) is 6.87. The Kier molecular flexibility index (Phi) is 5.10. The molecule has 0 amide bonds. The largest absolute Gasteiger partial charge is 0.433 e. The molecule has 0 aliphatic carbocycles. The fraction of sp³-hybridized carbons (Fsp3) is 0.143. The Balaban J connectivity index is 2.18. The molecule has 3 rings (SSSR count). The third kappa shape index (κ3) is 3.62. The van der Waals surface area contributed by atoms with Crippen molar-refractivity contribution in [3.8, 4) is 0 Å². The molecule has 0 aliphatic rings. The van der Waals surface area contributed by atoms with E-state index in [0.29, 0.717) is 19.1 Å². The number of azo groups is 1. The molecule has 0 atom stereocenters. The maximum atomic E-state index is 13.2. The van der Waals surface area contributed by atoms with Crippen molar-refractivity contribution in [2.24, 2.45) is 10.2 Å². The van der Waals surface area contributed by atoms with E-state index in [1.54, 1.807) is 12.1 Å². The van der Waals surface area contributed by atoms with Gasteiger partial charge >= 0.3 is 6.18 Å². The zero-order valence-electron chi connectivity index (χ0n) is 12.8. The summed E-state index contributed by atoms with van der Waals surface area (Å²) < 4.78 is 42.4. The molecule has 2 N–H and O–H groups in total. The van der Waals surface area contributed by atoms with Crippen molar-refractivity contribution in [3.05, 3.63) is 43.0 Å². The Hall–Kier alpha value is -1.53. The lowest BCUT2D eigenvalue weighted by Gasteiger charge is -2.09. The van der Waals surface area contributed by atoms with Gasteiger partial charge in [0.2, 0.25) is 0 Å². The van der Waals surface area contributed by atoms with Crippen LogP contribution in [0, 0.1) is 6.92 Å². The van der Waals surface area contributed by atoms with Crippen LogP contribution in [0.25, 0.3) is 5.65 Å². The molecule has 0 bridgehead atoms. The molecule has 136 valence electrons. The van der Waals surface area contributed by atoms with Gasteiger partial charge in [-0.15, -0.1) is 15.3 Å². The normalized spacial score (nSPS) is 12.4. The van der Waals surface area contributed by atoms with Gasteiger partial charge in [-0.2, -0.15) is 13.2 Å². The van der Waals surface area contributed by atoms with E-state index in [9.17, 15) is 13.2 Å². The smallest absolute Gasteiger partial charge is 0.380 e. The molecule has 0 spiro atoms. The highest BCUT2D eigenvalue weighted by Crippen LogP contribution is 2.39. The maximum absolute atomic E-state index is 13.2. The van der Waals surface area contributed by atoms with Gasteiger partial charge in [0.05, 0.1) is 0 Å². The summed E-state index contributed by atoms with van der Waals surface area (Å²) in [7, 11) is 0. The number of hydrogen-bond donors (Lipinski definition) is 1. The topological polar surface area (TPSA) is 80.9 Å². The second kappa shape index (κ2) is 6.89. The van der Waals surface area contributed by atoms with Crippen LogP contribution >= 0.6 is 47.8 Å². The van der Waals surface area contributed by atoms with Crippen molar-refractivity contribution in [3.63, 3.8) is 0 Å². The number of aryl methyl sites for hydroxylation is 1. The van der Waals surface area contributed by atoms with Gasteiger partial charge in [-0.05, 0) is 57.0 Å². The van der Waals surface area contributed by atoms with Crippen molar-refractivity contribution in [2.45, 2.75) is 13.1 Å². The van der Waals surface area contributed by atoms with Crippen molar-refractivity contribution < 1.29 is 13.2 Å². The molecular formula is C14H8Br3F3N6. The highest BCUT2D eigenvalue weighted by atomic mass is 79.9. The predicted molar refractivity (Wildman–Crippen MR) is 101 cm³/mol. The fourth-order valence-corrected chi connectivity index (χ4v) is 4.59. The van der Waals surface area contributed by atoms with E-state index >= 15 is 0 Å². The molecule has 0 aliphatic heterocycles. The molecule has 3 aromatic rings. The molecule has 26 heavy (non-hydrogen) atoms. The highest BCUT2D eigenvalue weighted by molar-refractivity contribution is 9.11. The second-order valence-electron chi connectivity index (χ2n) is 5.17. The summed E-state index contributed by atoms with van der Waals surface area (Å²) in [6.45, 7) is 1.45. The van der Waals surface area contributed by atoms with Crippen molar-refractivity contribution in [1.82, 2.24) is 14.6 Å². The van der Waals surface area contributed by atoms with Crippen LogP contribution in [-0.4, -0.2) is 14.6 Å². The van der Waals surface area contributed by atoms with Crippen molar-refractivity contribution >= 4 is 70.6 Å². The Labute approximate surface area is 170 Å². The van der Waals surface area contributed by atoms with Crippen LogP contribution in [0.4, 0.5) is 30.4 Å². The Morgan fingerprint density at radius 1 is 1.04 bits per heavy atom.